The van der Waals surface area contributed by atoms with E-state index in [0.29, 0.717) is 13.1 Å². The van der Waals surface area contributed by atoms with Gasteiger partial charge in [0, 0.05) is 13.0 Å². The maximum atomic E-state index is 12.0. The number of ether oxygens (including phenoxy) is 2. The molecule has 2 rings (SSSR count). The summed E-state index contributed by atoms with van der Waals surface area (Å²) in [4.78, 5) is 13.7. The van der Waals surface area contributed by atoms with Crippen LogP contribution in [0, 0.1) is 0 Å². The van der Waals surface area contributed by atoms with Crippen LogP contribution in [0.15, 0.2) is 28.7 Å². The van der Waals surface area contributed by atoms with Crippen LogP contribution in [0.25, 0.3) is 0 Å². The average Bonchev–Trinajstić information content (AvgIpc) is 2.79. The van der Waals surface area contributed by atoms with Gasteiger partial charge in [0.1, 0.15) is 17.5 Å². The minimum atomic E-state index is -0.460. The largest absolute Gasteiger partial charge is 0.487 e. The summed E-state index contributed by atoms with van der Waals surface area (Å²) in [6, 6.07) is 7.73. The molecule has 1 aromatic rings. The van der Waals surface area contributed by atoms with E-state index in [4.69, 9.17) is 9.47 Å². The highest BCUT2D eigenvalue weighted by molar-refractivity contribution is 9.10. The number of hydrogen-bond acceptors (Lipinski definition) is 3. The van der Waals surface area contributed by atoms with Crippen LogP contribution in [0.4, 0.5) is 4.79 Å². The molecule has 0 N–H and O–H groups in total. The summed E-state index contributed by atoms with van der Waals surface area (Å²) >= 11 is 3.46. The van der Waals surface area contributed by atoms with Crippen LogP contribution in [0.3, 0.4) is 0 Å². The van der Waals surface area contributed by atoms with Gasteiger partial charge in [-0.15, -0.1) is 0 Å². The Labute approximate surface area is 128 Å². The molecule has 1 aromatic carbocycles. The molecule has 0 spiro atoms. The van der Waals surface area contributed by atoms with Crippen molar-refractivity contribution in [3.8, 4) is 5.75 Å². The molecule has 1 heterocycles. The predicted octanol–water partition coefficient (Wildman–Crippen LogP) is 3.84. The van der Waals surface area contributed by atoms with Crippen LogP contribution < -0.4 is 4.74 Å². The molecule has 0 saturated carbocycles. The zero-order valence-electron chi connectivity index (χ0n) is 12.1. The van der Waals surface area contributed by atoms with Crippen LogP contribution in [-0.4, -0.2) is 35.8 Å². The number of halogens is 1. The number of hydrogen-bond donors (Lipinski definition) is 0. The van der Waals surface area contributed by atoms with E-state index in [-0.39, 0.29) is 12.2 Å². The van der Waals surface area contributed by atoms with Gasteiger partial charge in [-0.1, -0.05) is 12.1 Å². The molecule has 1 fully saturated rings. The Hall–Kier alpha value is -1.23. The van der Waals surface area contributed by atoms with Crippen molar-refractivity contribution in [1.82, 2.24) is 4.90 Å². The molecule has 0 bridgehead atoms. The third-order valence-electron chi connectivity index (χ3n) is 2.93. The molecule has 5 heteroatoms. The van der Waals surface area contributed by atoms with E-state index in [9.17, 15) is 4.79 Å². The maximum absolute atomic E-state index is 12.0. The van der Waals surface area contributed by atoms with Crippen molar-refractivity contribution < 1.29 is 14.3 Å². The van der Waals surface area contributed by atoms with Gasteiger partial charge in [0.05, 0.1) is 11.0 Å². The van der Waals surface area contributed by atoms with Crippen molar-refractivity contribution in [1.29, 1.82) is 0 Å². The standard InChI is InChI=1S/C15H20BrNO3/c1-15(2,3)20-14(18)17-9-8-11(10-17)19-13-7-5-4-6-12(13)16/h4-7,11H,8-10H2,1-3H3/t11-/m0/s1. The molecule has 1 aliphatic rings. The van der Waals surface area contributed by atoms with Crippen molar-refractivity contribution >= 4 is 22.0 Å². The Bertz CT molecular complexity index is 484. The monoisotopic (exact) mass is 341 g/mol. The SMILES string of the molecule is CC(C)(C)OC(=O)N1CC[C@H](Oc2ccccc2Br)C1. The van der Waals surface area contributed by atoms with E-state index in [2.05, 4.69) is 15.9 Å². The molecule has 0 radical (unpaired) electrons. The van der Waals surface area contributed by atoms with Gasteiger partial charge in [-0.05, 0) is 48.8 Å². The maximum Gasteiger partial charge on any atom is 0.410 e. The Morgan fingerprint density at radius 3 is 2.70 bits per heavy atom. The van der Waals surface area contributed by atoms with Gasteiger partial charge in [0.25, 0.3) is 0 Å². The molecule has 1 saturated heterocycles. The first-order chi connectivity index (χ1) is 9.35. The van der Waals surface area contributed by atoms with Crippen molar-refractivity contribution in [2.24, 2.45) is 0 Å². The van der Waals surface area contributed by atoms with Gasteiger partial charge in [0.15, 0.2) is 0 Å². The fourth-order valence-electron chi connectivity index (χ4n) is 2.04. The number of likely N-dealkylation sites (tertiary alicyclic amines) is 1. The second-order valence-corrected chi connectivity index (χ2v) is 6.74. The van der Waals surface area contributed by atoms with Gasteiger partial charge in [0.2, 0.25) is 0 Å². The highest BCUT2D eigenvalue weighted by atomic mass is 79.9. The predicted molar refractivity (Wildman–Crippen MR) is 81.0 cm³/mol. The van der Waals surface area contributed by atoms with Crippen molar-refractivity contribution in [3.63, 3.8) is 0 Å². The van der Waals surface area contributed by atoms with E-state index in [0.717, 1.165) is 16.6 Å². The lowest BCUT2D eigenvalue weighted by Crippen LogP contribution is -2.36. The molecule has 0 unspecified atom stereocenters. The van der Waals surface area contributed by atoms with E-state index in [1.807, 2.05) is 45.0 Å². The Balaban J connectivity index is 1.90. The summed E-state index contributed by atoms with van der Waals surface area (Å²) in [7, 11) is 0. The first-order valence-corrected chi connectivity index (χ1v) is 7.53. The molecule has 20 heavy (non-hydrogen) atoms. The molecule has 1 atom stereocenters. The number of carbonyl (C=O) groups excluding carboxylic acids is 1. The molecular formula is C15H20BrNO3. The van der Waals surface area contributed by atoms with Crippen molar-refractivity contribution in [2.75, 3.05) is 13.1 Å². The lowest BCUT2D eigenvalue weighted by molar-refractivity contribution is 0.0275. The number of rotatable bonds is 2. The van der Waals surface area contributed by atoms with Crippen LogP contribution in [0.5, 0.6) is 5.75 Å². The smallest absolute Gasteiger partial charge is 0.410 e. The van der Waals surface area contributed by atoms with Crippen molar-refractivity contribution in [3.05, 3.63) is 28.7 Å². The van der Waals surface area contributed by atoms with E-state index in [1.165, 1.54) is 0 Å². The van der Waals surface area contributed by atoms with E-state index < -0.39 is 5.60 Å². The number of carbonyl (C=O) groups is 1. The Kier molecular flexibility index (Phi) is 4.58. The third-order valence-corrected chi connectivity index (χ3v) is 3.58. The lowest BCUT2D eigenvalue weighted by Gasteiger charge is -2.24. The van der Waals surface area contributed by atoms with E-state index >= 15 is 0 Å². The molecule has 1 aliphatic heterocycles. The number of benzene rings is 1. The summed E-state index contributed by atoms with van der Waals surface area (Å²) in [5.41, 5.74) is -0.460. The van der Waals surface area contributed by atoms with Crippen molar-refractivity contribution in [2.45, 2.75) is 38.9 Å². The topological polar surface area (TPSA) is 38.8 Å². The highest BCUT2D eigenvalue weighted by Crippen LogP contribution is 2.27. The number of para-hydroxylation sites is 1. The molecule has 0 aromatic heterocycles. The van der Waals surface area contributed by atoms with Crippen LogP contribution in [0.1, 0.15) is 27.2 Å². The minimum Gasteiger partial charge on any atom is -0.487 e. The molecule has 4 nitrogen and oxygen atoms in total. The van der Waals surface area contributed by atoms with Crippen LogP contribution in [-0.2, 0) is 4.74 Å². The summed E-state index contributed by atoms with van der Waals surface area (Å²) in [6.45, 7) is 6.85. The number of amides is 1. The fraction of sp³-hybridized carbons (Fsp3) is 0.533. The fourth-order valence-corrected chi connectivity index (χ4v) is 2.41. The summed E-state index contributed by atoms with van der Waals surface area (Å²) in [5, 5.41) is 0. The third kappa shape index (κ3) is 4.13. The van der Waals surface area contributed by atoms with Crippen LogP contribution >= 0.6 is 15.9 Å². The van der Waals surface area contributed by atoms with Crippen LogP contribution in [0.2, 0.25) is 0 Å². The normalized spacial score (nSPS) is 19.0. The first kappa shape index (κ1) is 15.2. The summed E-state index contributed by atoms with van der Waals surface area (Å²) in [6.07, 6.45) is 0.567. The zero-order valence-corrected chi connectivity index (χ0v) is 13.6. The van der Waals surface area contributed by atoms with Gasteiger partial charge < -0.3 is 14.4 Å². The Morgan fingerprint density at radius 2 is 2.05 bits per heavy atom. The highest BCUT2D eigenvalue weighted by Gasteiger charge is 2.31. The second-order valence-electron chi connectivity index (χ2n) is 5.89. The van der Waals surface area contributed by atoms with Gasteiger partial charge in [-0.2, -0.15) is 0 Å². The summed E-state index contributed by atoms with van der Waals surface area (Å²) in [5.74, 6) is 0.809. The zero-order chi connectivity index (χ0) is 14.8. The quantitative estimate of drug-likeness (QED) is 0.820. The Morgan fingerprint density at radius 1 is 1.35 bits per heavy atom. The molecule has 110 valence electrons. The minimum absolute atomic E-state index is 0.0150. The van der Waals surface area contributed by atoms with E-state index in [1.54, 1.807) is 4.90 Å². The average molecular weight is 342 g/mol. The molecular weight excluding hydrogens is 322 g/mol. The van der Waals surface area contributed by atoms with Gasteiger partial charge in [-0.25, -0.2) is 4.79 Å². The summed E-state index contributed by atoms with van der Waals surface area (Å²) < 4.78 is 12.2. The lowest BCUT2D eigenvalue weighted by atomic mass is 10.2. The van der Waals surface area contributed by atoms with Gasteiger partial charge in [-0.3, -0.25) is 0 Å². The first-order valence-electron chi connectivity index (χ1n) is 6.74. The number of nitrogens with zero attached hydrogens (tertiary/aromatic N) is 1. The molecule has 1 amide bonds. The molecule has 0 aliphatic carbocycles. The van der Waals surface area contributed by atoms with Gasteiger partial charge >= 0.3 is 6.09 Å². The second kappa shape index (κ2) is 6.04.